The second kappa shape index (κ2) is 11.3. The second-order valence-electron chi connectivity index (χ2n) is 5.79. The summed E-state index contributed by atoms with van der Waals surface area (Å²) >= 11 is 3.51. The van der Waals surface area contributed by atoms with E-state index < -0.39 is 0 Å². The summed E-state index contributed by atoms with van der Waals surface area (Å²) in [6.45, 7) is 2.57. The van der Waals surface area contributed by atoms with Gasteiger partial charge in [0.2, 0.25) is 0 Å². The van der Waals surface area contributed by atoms with Crippen molar-refractivity contribution in [3.8, 4) is 0 Å². The molecule has 0 saturated carbocycles. The van der Waals surface area contributed by atoms with Crippen molar-refractivity contribution in [2.75, 3.05) is 6.61 Å². The Hall–Kier alpha value is -0.340. The van der Waals surface area contributed by atoms with Crippen molar-refractivity contribution in [1.82, 2.24) is 0 Å². The Kier molecular flexibility index (Phi) is 10.0. The topological polar surface area (TPSA) is 20.2 Å². The molecule has 1 aromatic carbocycles. The molecule has 1 N–H and O–H groups in total. The molecule has 0 aromatic heterocycles. The van der Waals surface area contributed by atoms with Crippen molar-refractivity contribution < 1.29 is 5.11 Å². The van der Waals surface area contributed by atoms with Crippen LogP contribution in [0.3, 0.4) is 0 Å². The molecule has 1 nitrogen and oxygen atoms in total. The first kappa shape index (κ1) is 17.7. The molecule has 0 bridgehead atoms. The summed E-state index contributed by atoms with van der Waals surface area (Å²) in [6.07, 6.45) is 11.5. The number of hydrogen-bond donors (Lipinski definition) is 1. The molecule has 114 valence electrons. The van der Waals surface area contributed by atoms with E-state index in [0.29, 0.717) is 12.5 Å². The van der Waals surface area contributed by atoms with Crippen molar-refractivity contribution in [3.63, 3.8) is 0 Å². The fourth-order valence-corrected chi connectivity index (χ4v) is 3.09. The van der Waals surface area contributed by atoms with Crippen LogP contribution < -0.4 is 0 Å². The molecule has 0 heterocycles. The Balaban J connectivity index is 2.16. The zero-order chi connectivity index (χ0) is 14.6. The smallest absolute Gasteiger partial charge is 0.0462 e. The van der Waals surface area contributed by atoms with Gasteiger partial charge in [0.25, 0.3) is 0 Å². The normalized spacial score (nSPS) is 12.6. The van der Waals surface area contributed by atoms with Crippen LogP contribution in [0.25, 0.3) is 0 Å². The van der Waals surface area contributed by atoms with E-state index in [4.69, 9.17) is 0 Å². The van der Waals surface area contributed by atoms with E-state index in [9.17, 15) is 5.11 Å². The third-order valence-corrected chi connectivity index (χ3v) is 4.38. The number of rotatable bonds is 11. The van der Waals surface area contributed by atoms with Crippen LogP contribution in [0.15, 0.2) is 28.7 Å². The van der Waals surface area contributed by atoms with Gasteiger partial charge in [-0.1, -0.05) is 79.9 Å². The van der Waals surface area contributed by atoms with Crippen LogP contribution in [0.2, 0.25) is 0 Å². The largest absolute Gasteiger partial charge is 0.396 e. The summed E-state index contributed by atoms with van der Waals surface area (Å²) in [5.41, 5.74) is 1.32. The summed E-state index contributed by atoms with van der Waals surface area (Å²) in [7, 11) is 0. The third kappa shape index (κ3) is 8.06. The first-order valence-corrected chi connectivity index (χ1v) is 8.90. The number of unbranched alkanes of at least 4 members (excludes halogenated alkanes) is 6. The van der Waals surface area contributed by atoms with E-state index in [0.717, 1.165) is 17.3 Å². The van der Waals surface area contributed by atoms with Gasteiger partial charge in [0.15, 0.2) is 0 Å². The summed E-state index contributed by atoms with van der Waals surface area (Å²) in [6, 6.07) is 8.43. The summed E-state index contributed by atoms with van der Waals surface area (Å²) in [5.74, 6) is 0.417. The van der Waals surface area contributed by atoms with Crippen LogP contribution in [0.5, 0.6) is 0 Å². The number of hydrogen-bond acceptors (Lipinski definition) is 1. The Bertz CT molecular complexity index is 351. The molecule has 1 aromatic rings. The lowest BCUT2D eigenvalue weighted by Gasteiger charge is -2.14. The first-order chi connectivity index (χ1) is 9.76. The monoisotopic (exact) mass is 340 g/mol. The second-order valence-corrected chi connectivity index (χ2v) is 6.71. The van der Waals surface area contributed by atoms with Crippen molar-refractivity contribution in [1.29, 1.82) is 0 Å². The van der Waals surface area contributed by atoms with Crippen molar-refractivity contribution in [2.45, 2.75) is 64.7 Å². The maximum atomic E-state index is 9.52. The first-order valence-electron chi connectivity index (χ1n) is 8.11. The van der Waals surface area contributed by atoms with Crippen LogP contribution in [0, 0.1) is 5.92 Å². The van der Waals surface area contributed by atoms with E-state index in [1.165, 1.54) is 50.5 Å². The molecule has 20 heavy (non-hydrogen) atoms. The highest BCUT2D eigenvalue weighted by Crippen LogP contribution is 2.19. The van der Waals surface area contributed by atoms with Gasteiger partial charge in [-0.3, -0.25) is 0 Å². The fraction of sp³-hybridized carbons (Fsp3) is 0.667. The van der Waals surface area contributed by atoms with Gasteiger partial charge in [0, 0.05) is 11.1 Å². The Morgan fingerprint density at radius 2 is 1.75 bits per heavy atom. The van der Waals surface area contributed by atoms with Crippen molar-refractivity contribution in [2.24, 2.45) is 5.92 Å². The van der Waals surface area contributed by atoms with Gasteiger partial charge in [-0.15, -0.1) is 0 Å². The van der Waals surface area contributed by atoms with E-state index >= 15 is 0 Å². The number of halogens is 1. The fourth-order valence-electron chi connectivity index (χ4n) is 2.65. The number of aliphatic hydroxyl groups excluding tert-OH is 1. The lowest BCUT2D eigenvalue weighted by atomic mass is 9.94. The van der Waals surface area contributed by atoms with Crippen LogP contribution in [-0.4, -0.2) is 11.7 Å². The molecule has 0 fully saturated rings. The average Bonchev–Trinajstić information content (AvgIpc) is 2.45. The van der Waals surface area contributed by atoms with E-state index in [1.807, 2.05) is 6.07 Å². The highest BCUT2D eigenvalue weighted by molar-refractivity contribution is 9.10. The molecule has 0 aliphatic carbocycles. The van der Waals surface area contributed by atoms with Crippen LogP contribution in [-0.2, 0) is 6.42 Å². The minimum absolute atomic E-state index is 0.308. The molecule has 0 aliphatic heterocycles. The molecule has 2 heteroatoms. The molecule has 0 spiro atoms. The maximum absolute atomic E-state index is 9.52. The maximum Gasteiger partial charge on any atom is 0.0462 e. The molecule has 0 aliphatic rings. The minimum Gasteiger partial charge on any atom is -0.396 e. The molecule has 0 amide bonds. The zero-order valence-corrected chi connectivity index (χ0v) is 14.4. The molecule has 0 radical (unpaired) electrons. The van der Waals surface area contributed by atoms with E-state index in [-0.39, 0.29) is 0 Å². The Morgan fingerprint density at radius 1 is 1.05 bits per heavy atom. The number of benzene rings is 1. The Labute approximate surface area is 132 Å². The molecular formula is C18H29BrO. The SMILES string of the molecule is CCCCCCCCCC(CO)Cc1cccc(Br)c1. The van der Waals surface area contributed by atoms with Gasteiger partial charge in [-0.25, -0.2) is 0 Å². The molecular weight excluding hydrogens is 312 g/mol. The van der Waals surface area contributed by atoms with E-state index in [2.05, 4.69) is 41.1 Å². The van der Waals surface area contributed by atoms with Gasteiger partial charge in [-0.2, -0.15) is 0 Å². The number of aliphatic hydroxyl groups is 1. The molecule has 1 atom stereocenters. The van der Waals surface area contributed by atoms with Crippen LogP contribution in [0.1, 0.15) is 63.9 Å². The minimum atomic E-state index is 0.308. The van der Waals surface area contributed by atoms with Gasteiger partial charge in [0.05, 0.1) is 0 Å². The summed E-state index contributed by atoms with van der Waals surface area (Å²) in [4.78, 5) is 0. The summed E-state index contributed by atoms with van der Waals surface area (Å²) in [5, 5.41) is 9.52. The van der Waals surface area contributed by atoms with Crippen molar-refractivity contribution >= 4 is 15.9 Å². The zero-order valence-electron chi connectivity index (χ0n) is 12.8. The van der Waals surface area contributed by atoms with Gasteiger partial charge >= 0.3 is 0 Å². The average molecular weight is 341 g/mol. The van der Waals surface area contributed by atoms with Crippen LogP contribution in [0.4, 0.5) is 0 Å². The van der Waals surface area contributed by atoms with Gasteiger partial charge in [-0.05, 0) is 36.5 Å². The molecule has 1 rings (SSSR count). The molecule has 1 unspecified atom stereocenters. The lowest BCUT2D eigenvalue weighted by Crippen LogP contribution is -2.09. The predicted molar refractivity (Wildman–Crippen MR) is 91.0 cm³/mol. The molecule has 0 saturated heterocycles. The highest BCUT2D eigenvalue weighted by Gasteiger charge is 2.08. The lowest BCUT2D eigenvalue weighted by molar-refractivity contribution is 0.214. The third-order valence-electron chi connectivity index (χ3n) is 3.89. The van der Waals surface area contributed by atoms with Crippen molar-refractivity contribution in [3.05, 3.63) is 34.3 Å². The Morgan fingerprint density at radius 3 is 2.40 bits per heavy atom. The van der Waals surface area contributed by atoms with Crippen LogP contribution >= 0.6 is 15.9 Å². The highest BCUT2D eigenvalue weighted by atomic mass is 79.9. The van der Waals surface area contributed by atoms with E-state index in [1.54, 1.807) is 0 Å². The van der Waals surface area contributed by atoms with Gasteiger partial charge in [0.1, 0.15) is 0 Å². The summed E-state index contributed by atoms with van der Waals surface area (Å²) < 4.78 is 1.13. The predicted octanol–water partition coefficient (Wildman–Crippen LogP) is 5.74. The standard InChI is InChI=1S/C18H29BrO/c1-2-3-4-5-6-7-8-10-17(15-20)13-16-11-9-12-18(19)14-16/h9,11-12,14,17,20H,2-8,10,13,15H2,1H3. The quantitative estimate of drug-likeness (QED) is 0.509. The van der Waals surface area contributed by atoms with Gasteiger partial charge < -0.3 is 5.11 Å².